The molecule has 8 nitrogen and oxygen atoms in total. The van der Waals surface area contributed by atoms with Crippen molar-refractivity contribution in [3.05, 3.63) is 113 Å². The van der Waals surface area contributed by atoms with Gasteiger partial charge in [0.15, 0.2) is 0 Å². The van der Waals surface area contributed by atoms with Crippen molar-refractivity contribution in [1.29, 1.82) is 0 Å². The number of aliphatic hydroxyl groups is 1. The minimum Gasteiger partial charge on any atom is -0.506 e. The summed E-state index contributed by atoms with van der Waals surface area (Å²) in [7, 11) is 0. The summed E-state index contributed by atoms with van der Waals surface area (Å²) in [5.41, 5.74) is 2.18. The number of thioether (sulfide) groups is 1. The molecule has 0 saturated carbocycles. The van der Waals surface area contributed by atoms with Crippen molar-refractivity contribution in [2.24, 2.45) is 4.99 Å². The lowest BCUT2D eigenvalue weighted by Crippen LogP contribution is -2.12. The fourth-order valence-electron chi connectivity index (χ4n) is 3.43. The molecule has 1 aliphatic heterocycles. The first-order chi connectivity index (χ1) is 18.3. The number of halogens is 2. The van der Waals surface area contributed by atoms with Gasteiger partial charge in [-0.05, 0) is 92.4 Å². The molecule has 194 valence electrons. The highest BCUT2D eigenvalue weighted by Gasteiger charge is 2.33. The van der Waals surface area contributed by atoms with Gasteiger partial charge in [0.25, 0.3) is 5.69 Å². The molecule has 0 atom stereocenters. The van der Waals surface area contributed by atoms with Gasteiger partial charge in [0, 0.05) is 12.1 Å². The van der Waals surface area contributed by atoms with E-state index in [1.165, 1.54) is 23.9 Å². The highest BCUT2D eigenvalue weighted by Crippen LogP contribution is 2.42. The quantitative estimate of drug-likeness (QED) is 0.149. The molecule has 38 heavy (non-hydrogen) atoms. The molecular formula is C27H20Br2N2O6S. The normalized spacial score (nSPS) is 15.2. The molecule has 11 heteroatoms. The number of nitro benzene ring substituents is 1. The number of nitro groups is 1. The summed E-state index contributed by atoms with van der Waals surface area (Å²) < 4.78 is 12.4. The van der Waals surface area contributed by atoms with Gasteiger partial charge in [-0.3, -0.25) is 10.1 Å². The molecule has 0 aliphatic carbocycles. The number of non-ortho nitro benzene ring substituents is 1. The maximum atomic E-state index is 12.6. The number of rotatable bonds is 8. The molecule has 0 bridgehead atoms. The molecule has 0 aromatic heterocycles. The Labute approximate surface area is 239 Å². The molecule has 1 heterocycles. The van der Waals surface area contributed by atoms with Gasteiger partial charge in [-0.2, -0.15) is 0 Å². The lowest BCUT2D eigenvalue weighted by atomic mass is 10.1. The Kier molecular flexibility index (Phi) is 9.03. The van der Waals surface area contributed by atoms with Crippen LogP contribution in [0.2, 0.25) is 0 Å². The average molecular weight is 660 g/mol. The minimum atomic E-state index is -0.645. The topological polar surface area (TPSA) is 111 Å². The van der Waals surface area contributed by atoms with Crippen LogP contribution in [0, 0.1) is 10.1 Å². The Morgan fingerprint density at radius 1 is 1.11 bits per heavy atom. The molecule has 0 radical (unpaired) electrons. The predicted molar refractivity (Wildman–Crippen MR) is 155 cm³/mol. The van der Waals surface area contributed by atoms with Gasteiger partial charge >= 0.3 is 5.97 Å². The van der Waals surface area contributed by atoms with E-state index >= 15 is 0 Å². The lowest BCUT2D eigenvalue weighted by molar-refractivity contribution is -0.384. The summed E-state index contributed by atoms with van der Waals surface area (Å²) in [5, 5.41) is 22.1. The van der Waals surface area contributed by atoms with Crippen LogP contribution < -0.4 is 4.74 Å². The van der Waals surface area contributed by atoms with Crippen molar-refractivity contribution in [1.82, 2.24) is 0 Å². The van der Waals surface area contributed by atoms with Gasteiger partial charge in [-0.1, -0.05) is 30.0 Å². The number of benzene rings is 3. The standard InChI is InChI=1S/C27H20Br2N2O6S/c1-2-36-27(33)23-24(32)22(38-26(23)30-18-6-4-3-5-7-18)14-17-12-20(28)25(21(29)13-17)37-15-16-8-10-19(11-9-16)31(34)35/h3-14,32H,2,15H2,1H3/b22-14-,30-26?. The largest absolute Gasteiger partial charge is 0.506 e. The molecule has 4 rings (SSSR count). The molecular weight excluding hydrogens is 640 g/mol. The molecule has 3 aromatic carbocycles. The monoisotopic (exact) mass is 658 g/mol. The maximum Gasteiger partial charge on any atom is 0.344 e. The van der Waals surface area contributed by atoms with E-state index in [1.54, 1.807) is 37.3 Å². The van der Waals surface area contributed by atoms with E-state index in [0.717, 1.165) is 11.1 Å². The maximum absolute atomic E-state index is 12.6. The van der Waals surface area contributed by atoms with Crippen LogP contribution in [0.1, 0.15) is 18.1 Å². The Morgan fingerprint density at radius 3 is 2.37 bits per heavy atom. The number of aliphatic imine (C=N–C) groups is 1. The van der Waals surface area contributed by atoms with Gasteiger partial charge < -0.3 is 14.6 Å². The van der Waals surface area contributed by atoms with Gasteiger partial charge in [-0.25, -0.2) is 9.79 Å². The zero-order valence-electron chi connectivity index (χ0n) is 19.9. The van der Waals surface area contributed by atoms with Crippen LogP contribution in [0.25, 0.3) is 6.08 Å². The summed E-state index contributed by atoms with van der Waals surface area (Å²) in [5.74, 6) is -0.301. The van der Waals surface area contributed by atoms with Crippen molar-refractivity contribution in [2.45, 2.75) is 13.5 Å². The van der Waals surface area contributed by atoms with Crippen molar-refractivity contribution in [2.75, 3.05) is 6.61 Å². The smallest absolute Gasteiger partial charge is 0.344 e. The molecule has 3 aromatic rings. The second-order valence-corrected chi connectivity index (χ2v) is 10.6. The van der Waals surface area contributed by atoms with Crippen LogP contribution in [-0.2, 0) is 16.1 Å². The van der Waals surface area contributed by atoms with Crippen molar-refractivity contribution < 1.29 is 24.3 Å². The highest BCUT2D eigenvalue weighted by atomic mass is 79.9. The summed E-state index contributed by atoms with van der Waals surface area (Å²) in [6.45, 7) is 2.07. The zero-order chi connectivity index (χ0) is 27.2. The minimum absolute atomic E-state index is 0.0127. The van der Waals surface area contributed by atoms with E-state index in [0.29, 0.717) is 30.3 Å². The van der Waals surface area contributed by atoms with E-state index < -0.39 is 10.9 Å². The number of hydrogen-bond donors (Lipinski definition) is 1. The summed E-state index contributed by atoms with van der Waals surface area (Å²) in [6, 6.07) is 18.9. The van der Waals surface area contributed by atoms with Gasteiger partial charge in [0.2, 0.25) is 0 Å². The SMILES string of the molecule is CCOC(=O)C1=C(O)/C(=C/c2cc(Br)c(OCc3ccc([N+](=O)[O-])cc3)c(Br)c2)SC1=Nc1ccccc1. The third-order valence-electron chi connectivity index (χ3n) is 5.21. The second-order valence-electron chi connectivity index (χ2n) is 7.83. The van der Waals surface area contributed by atoms with E-state index in [1.807, 2.05) is 30.3 Å². The summed E-state index contributed by atoms with van der Waals surface area (Å²) in [4.78, 5) is 28.0. The van der Waals surface area contributed by atoms with E-state index in [2.05, 4.69) is 36.9 Å². The van der Waals surface area contributed by atoms with Gasteiger partial charge in [0.1, 0.15) is 28.7 Å². The number of para-hydroxylation sites is 1. The predicted octanol–water partition coefficient (Wildman–Crippen LogP) is 7.89. The van der Waals surface area contributed by atoms with E-state index in [4.69, 9.17) is 9.47 Å². The van der Waals surface area contributed by atoms with Crippen LogP contribution in [-0.4, -0.2) is 27.6 Å². The molecule has 1 N–H and O–H groups in total. The fourth-order valence-corrected chi connectivity index (χ4v) is 5.92. The van der Waals surface area contributed by atoms with Crippen LogP contribution in [0.4, 0.5) is 11.4 Å². The van der Waals surface area contributed by atoms with Crippen LogP contribution >= 0.6 is 43.6 Å². The molecule has 0 spiro atoms. The highest BCUT2D eigenvalue weighted by molar-refractivity contribution is 9.11. The lowest BCUT2D eigenvalue weighted by Gasteiger charge is -2.12. The number of ether oxygens (including phenoxy) is 2. The average Bonchev–Trinajstić information content (AvgIpc) is 3.18. The van der Waals surface area contributed by atoms with Crippen molar-refractivity contribution in [3.63, 3.8) is 0 Å². The first-order valence-corrected chi connectivity index (χ1v) is 13.7. The number of hydrogen-bond acceptors (Lipinski definition) is 8. The van der Waals surface area contributed by atoms with Crippen LogP contribution in [0.3, 0.4) is 0 Å². The van der Waals surface area contributed by atoms with Crippen LogP contribution in [0.5, 0.6) is 5.75 Å². The summed E-state index contributed by atoms with van der Waals surface area (Å²) >= 11 is 8.23. The first-order valence-electron chi connectivity index (χ1n) is 11.3. The molecule has 1 aliphatic rings. The molecule has 0 unspecified atom stereocenters. The zero-order valence-corrected chi connectivity index (χ0v) is 23.9. The Hall–Kier alpha value is -3.41. The second kappa shape index (κ2) is 12.4. The van der Waals surface area contributed by atoms with Gasteiger partial charge in [0.05, 0.1) is 31.1 Å². The fraction of sp³-hybridized carbons (Fsp3) is 0.111. The number of carbonyl (C=O) groups excluding carboxylic acids is 1. The number of aliphatic hydroxyl groups excluding tert-OH is 1. The van der Waals surface area contributed by atoms with Crippen molar-refractivity contribution in [3.8, 4) is 5.75 Å². The van der Waals surface area contributed by atoms with Crippen molar-refractivity contribution >= 4 is 72.1 Å². The molecule has 0 amide bonds. The Balaban J connectivity index is 1.59. The number of carbonyl (C=O) groups is 1. The molecule has 0 saturated heterocycles. The van der Waals surface area contributed by atoms with E-state index in [9.17, 15) is 20.0 Å². The van der Waals surface area contributed by atoms with Gasteiger partial charge in [-0.15, -0.1) is 0 Å². The Morgan fingerprint density at radius 2 is 1.76 bits per heavy atom. The van der Waals surface area contributed by atoms with E-state index in [-0.39, 0.29) is 30.2 Å². The Bertz CT molecular complexity index is 1450. The number of nitrogens with zero attached hydrogens (tertiary/aromatic N) is 2. The third kappa shape index (κ3) is 6.53. The number of esters is 1. The summed E-state index contributed by atoms with van der Waals surface area (Å²) in [6.07, 6.45) is 1.74. The first kappa shape index (κ1) is 27.6. The van der Waals surface area contributed by atoms with Crippen LogP contribution in [0.15, 0.2) is 96.9 Å². The third-order valence-corrected chi connectivity index (χ3v) is 7.40. The molecule has 0 fully saturated rings.